The van der Waals surface area contributed by atoms with E-state index in [0.29, 0.717) is 12.4 Å². The summed E-state index contributed by atoms with van der Waals surface area (Å²) in [6, 6.07) is 0. The van der Waals surface area contributed by atoms with E-state index in [1.807, 2.05) is 6.92 Å². The molecule has 1 rings (SSSR count). The van der Waals surface area contributed by atoms with E-state index >= 15 is 0 Å². The van der Waals surface area contributed by atoms with Crippen molar-refractivity contribution in [2.45, 2.75) is 19.9 Å². The van der Waals surface area contributed by atoms with Crippen LogP contribution in [0.4, 0.5) is 0 Å². The summed E-state index contributed by atoms with van der Waals surface area (Å²) in [5.41, 5.74) is 0.718. The molecule has 0 atom stereocenters. The minimum Gasteiger partial charge on any atom is -0.449 e. The highest BCUT2D eigenvalue weighted by molar-refractivity contribution is 6.27. The van der Waals surface area contributed by atoms with Crippen LogP contribution < -0.4 is 5.32 Å². The molecule has 0 unspecified atom stereocenters. The number of carbonyl (C=O) groups is 1. The van der Waals surface area contributed by atoms with Crippen molar-refractivity contribution in [1.29, 1.82) is 0 Å². The molecule has 0 saturated carbocycles. The zero-order valence-electron chi connectivity index (χ0n) is 7.34. The predicted octanol–water partition coefficient (Wildman–Crippen LogP) is 1.09. The van der Waals surface area contributed by atoms with E-state index < -0.39 is 0 Å². The van der Waals surface area contributed by atoms with Crippen molar-refractivity contribution in [3.8, 4) is 0 Å². The number of hydrogen-bond donors (Lipinski definition) is 1. The summed E-state index contributed by atoms with van der Waals surface area (Å²) < 4.78 is 5.08. The van der Waals surface area contributed by atoms with Crippen LogP contribution in [0.25, 0.3) is 0 Å². The van der Waals surface area contributed by atoms with E-state index in [0.717, 1.165) is 12.1 Å². The molecule has 1 aromatic heterocycles. The Bertz CT molecular complexity index is 285. The molecule has 0 radical (unpaired) electrons. The first-order chi connectivity index (χ1) is 6.26. The third kappa shape index (κ3) is 3.06. The number of nitrogens with zero attached hydrogens (tertiary/aromatic N) is 1. The first-order valence-corrected chi connectivity index (χ1v) is 4.55. The Morgan fingerprint density at radius 1 is 1.77 bits per heavy atom. The van der Waals surface area contributed by atoms with Gasteiger partial charge in [0.1, 0.15) is 12.1 Å². The largest absolute Gasteiger partial charge is 0.449 e. The number of aryl methyl sites for hydroxylation is 1. The van der Waals surface area contributed by atoms with Gasteiger partial charge in [-0.15, -0.1) is 11.6 Å². The molecule has 4 nitrogen and oxygen atoms in total. The molecule has 0 fully saturated rings. The molecule has 1 aromatic rings. The normalized spacial score (nSPS) is 10.0. The van der Waals surface area contributed by atoms with E-state index in [4.69, 9.17) is 16.0 Å². The Kier molecular flexibility index (Phi) is 3.76. The highest BCUT2D eigenvalue weighted by Gasteiger charge is 2.03. The number of hydrogen-bond acceptors (Lipinski definition) is 3. The van der Waals surface area contributed by atoms with Crippen molar-refractivity contribution in [1.82, 2.24) is 10.3 Å². The molecule has 0 aliphatic heterocycles. The number of oxazole rings is 1. The van der Waals surface area contributed by atoms with Crippen LogP contribution in [0, 0.1) is 0 Å². The minimum absolute atomic E-state index is 0.0293. The van der Waals surface area contributed by atoms with Crippen molar-refractivity contribution in [3.63, 3.8) is 0 Å². The molecule has 0 spiro atoms. The highest BCUT2D eigenvalue weighted by atomic mass is 35.5. The molecule has 72 valence electrons. The van der Waals surface area contributed by atoms with Crippen LogP contribution >= 0.6 is 11.6 Å². The van der Waals surface area contributed by atoms with E-state index in [9.17, 15) is 4.79 Å². The zero-order chi connectivity index (χ0) is 9.68. The van der Waals surface area contributed by atoms with Crippen molar-refractivity contribution in [2.75, 3.05) is 5.88 Å². The topological polar surface area (TPSA) is 55.1 Å². The van der Waals surface area contributed by atoms with E-state index in [2.05, 4.69) is 10.3 Å². The van der Waals surface area contributed by atoms with Gasteiger partial charge in [0.05, 0.1) is 12.2 Å². The Hall–Kier alpha value is -1.03. The molecule has 0 aliphatic carbocycles. The van der Waals surface area contributed by atoms with Crippen molar-refractivity contribution in [3.05, 3.63) is 17.8 Å². The summed E-state index contributed by atoms with van der Waals surface area (Å²) in [6.45, 7) is 2.32. The molecule has 0 aliphatic rings. The number of halogens is 1. The lowest BCUT2D eigenvalue weighted by molar-refractivity contribution is -0.118. The standard InChI is InChI=1S/C8H11ClN2O2/c1-2-8-11-6(5-13-8)4-10-7(12)3-9/h5H,2-4H2,1H3,(H,10,12). The molecule has 0 bridgehead atoms. The van der Waals surface area contributed by atoms with E-state index in [1.54, 1.807) is 0 Å². The van der Waals surface area contributed by atoms with Crippen LogP contribution in [0.1, 0.15) is 18.5 Å². The van der Waals surface area contributed by atoms with Crippen molar-refractivity contribution in [2.24, 2.45) is 0 Å². The molecule has 1 N–H and O–H groups in total. The molecule has 1 amide bonds. The lowest BCUT2D eigenvalue weighted by Gasteiger charge is -1.97. The van der Waals surface area contributed by atoms with Gasteiger partial charge in [-0.1, -0.05) is 6.92 Å². The van der Waals surface area contributed by atoms with Gasteiger partial charge in [-0.3, -0.25) is 4.79 Å². The summed E-state index contributed by atoms with van der Waals surface area (Å²) in [5.74, 6) is 0.441. The number of carbonyl (C=O) groups excluding carboxylic acids is 1. The average molecular weight is 203 g/mol. The first kappa shape index (κ1) is 10.1. The molecule has 13 heavy (non-hydrogen) atoms. The fourth-order valence-corrected chi connectivity index (χ4v) is 0.923. The Balaban J connectivity index is 2.41. The Morgan fingerprint density at radius 2 is 2.54 bits per heavy atom. The molecule has 0 aromatic carbocycles. The van der Waals surface area contributed by atoms with E-state index in [-0.39, 0.29) is 11.8 Å². The third-order valence-corrected chi connectivity index (χ3v) is 1.73. The Morgan fingerprint density at radius 3 is 3.08 bits per heavy atom. The van der Waals surface area contributed by atoms with Gasteiger partial charge in [0, 0.05) is 6.42 Å². The maximum atomic E-state index is 10.8. The summed E-state index contributed by atoms with van der Waals surface area (Å²) in [7, 11) is 0. The van der Waals surface area contributed by atoms with Crippen LogP contribution in [-0.4, -0.2) is 16.8 Å². The van der Waals surface area contributed by atoms with Crippen LogP contribution in [0.2, 0.25) is 0 Å². The SMILES string of the molecule is CCc1nc(CNC(=O)CCl)co1. The summed E-state index contributed by atoms with van der Waals surface area (Å²) in [4.78, 5) is 14.9. The second kappa shape index (κ2) is 4.87. The average Bonchev–Trinajstić information content (AvgIpc) is 2.61. The summed E-state index contributed by atoms with van der Waals surface area (Å²) in [5, 5.41) is 2.59. The number of rotatable bonds is 4. The van der Waals surface area contributed by atoms with Crippen LogP contribution in [-0.2, 0) is 17.8 Å². The lowest BCUT2D eigenvalue weighted by Crippen LogP contribution is -2.23. The van der Waals surface area contributed by atoms with Gasteiger partial charge in [0.15, 0.2) is 5.89 Å². The fraction of sp³-hybridized carbons (Fsp3) is 0.500. The van der Waals surface area contributed by atoms with Gasteiger partial charge in [-0.2, -0.15) is 0 Å². The van der Waals surface area contributed by atoms with Crippen LogP contribution in [0.3, 0.4) is 0 Å². The number of nitrogens with one attached hydrogen (secondary N) is 1. The maximum Gasteiger partial charge on any atom is 0.235 e. The molecular weight excluding hydrogens is 192 g/mol. The predicted molar refractivity (Wildman–Crippen MR) is 48.4 cm³/mol. The molecule has 5 heteroatoms. The number of aromatic nitrogens is 1. The number of alkyl halides is 1. The molecule has 0 saturated heterocycles. The van der Waals surface area contributed by atoms with Gasteiger partial charge in [-0.05, 0) is 0 Å². The fourth-order valence-electron chi connectivity index (χ4n) is 0.829. The molecule has 1 heterocycles. The van der Waals surface area contributed by atoms with Crippen molar-refractivity contribution >= 4 is 17.5 Å². The van der Waals surface area contributed by atoms with Crippen LogP contribution in [0.15, 0.2) is 10.7 Å². The second-order valence-electron chi connectivity index (χ2n) is 2.50. The molecular formula is C8H11ClN2O2. The maximum absolute atomic E-state index is 10.8. The monoisotopic (exact) mass is 202 g/mol. The number of amides is 1. The summed E-state index contributed by atoms with van der Waals surface area (Å²) in [6.07, 6.45) is 2.29. The van der Waals surface area contributed by atoms with Gasteiger partial charge >= 0.3 is 0 Å². The van der Waals surface area contributed by atoms with Gasteiger partial charge < -0.3 is 9.73 Å². The quantitative estimate of drug-likeness (QED) is 0.744. The van der Waals surface area contributed by atoms with Crippen molar-refractivity contribution < 1.29 is 9.21 Å². The first-order valence-electron chi connectivity index (χ1n) is 4.02. The Labute approximate surface area is 81.3 Å². The highest BCUT2D eigenvalue weighted by Crippen LogP contribution is 2.01. The van der Waals surface area contributed by atoms with E-state index in [1.165, 1.54) is 6.26 Å². The smallest absolute Gasteiger partial charge is 0.235 e. The lowest BCUT2D eigenvalue weighted by atomic mass is 10.4. The minimum atomic E-state index is -0.206. The van der Waals surface area contributed by atoms with Crippen LogP contribution in [0.5, 0.6) is 0 Å². The second-order valence-corrected chi connectivity index (χ2v) is 2.76. The summed E-state index contributed by atoms with van der Waals surface area (Å²) >= 11 is 5.29. The third-order valence-electron chi connectivity index (χ3n) is 1.49. The zero-order valence-corrected chi connectivity index (χ0v) is 8.10. The van der Waals surface area contributed by atoms with Gasteiger partial charge in [0.25, 0.3) is 0 Å². The van der Waals surface area contributed by atoms with Gasteiger partial charge in [-0.25, -0.2) is 4.98 Å². The van der Waals surface area contributed by atoms with Gasteiger partial charge in [0.2, 0.25) is 5.91 Å².